The zero-order chi connectivity index (χ0) is 21.0. The maximum atomic E-state index is 13.3. The number of hydrogen-bond acceptors (Lipinski definition) is 6. The fourth-order valence-corrected chi connectivity index (χ4v) is 3.68. The minimum atomic E-state index is -0.560. The summed E-state index contributed by atoms with van der Waals surface area (Å²) in [5.74, 6) is -0.406. The Morgan fingerprint density at radius 3 is 2.57 bits per heavy atom. The first-order chi connectivity index (χ1) is 14.5. The molecule has 0 unspecified atom stereocenters. The van der Waals surface area contributed by atoms with E-state index in [1.807, 2.05) is 0 Å². The van der Waals surface area contributed by atoms with Crippen LogP contribution in [0.25, 0.3) is 27.6 Å². The van der Waals surface area contributed by atoms with Gasteiger partial charge < -0.3 is 9.30 Å². The average molecular weight is 405 g/mol. The monoisotopic (exact) mass is 405 g/mol. The van der Waals surface area contributed by atoms with E-state index in [1.165, 1.54) is 10.8 Å². The molecule has 1 N–H and O–H groups in total. The molecule has 0 atom stereocenters. The SMILES string of the molecule is CCOC(=O)c1c(-n2ccc3nc4ccn(C5CC5)c(=O)c4cc3c2=O)n[nH]c1C. The topological polar surface area (TPSA) is 112 Å². The number of ether oxygens (including phenoxy) is 1. The molecule has 0 aromatic carbocycles. The van der Waals surface area contributed by atoms with Gasteiger partial charge >= 0.3 is 5.97 Å². The number of nitrogens with one attached hydrogen (secondary N) is 1. The number of carbonyl (C=O) groups is 1. The van der Waals surface area contributed by atoms with Crippen molar-refractivity contribution in [2.75, 3.05) is 6.61 Å². The van der Waals surface area contributed by atoms with Gasteiger partial charge in [-0.2, -0.15) is 5.10 Å². The Labute approximate surface area is 169 Å². The number of nitrogens with zero attached hydrogens (tertiary/aromatic N) is 4. The second-order valence-electron chi connectivity index (χ2n) is 7.37. The van der Waals surface area contributed by atoms with Crippen molar-refractivity contribution in [1.82, 2.24) is 24.3 Å². The summed E-state index contributed by atoms with van der Waals surface area (Å²) in [5.41, 5.74) is 1.14. The molecule has 9 heteroatoms. The molecule has 4 aromatic rings. The summed E-state index contributed by atoms with van der Waals surface area (Å²) in [6.45, 7) is 3.60. The van der Waals surface area contributed by atoms with Crippen LogP contribution in [0.2, 0.25) is 0 Å². The molecule has 30 heavy (non-hydrogen) atoms. The summed E-state index contributed by atoms with van der Waals surface area (Å²) < 4.78 is 8.07. The highest BCUT2D eigenvalue weighted by molar-refractivity contribution is 5.95. The van der Waals surface area contributed by atoms with E-state index in [0.29, 0.717) is 22.1 Å². The van der Waals surface area contributed by atoms with Crippen molar-refractivity contribution >= 4 is 27.8 Å². The smallest absolute Gasteiger partial charge is 0.343 e. The van der Waals surface area contributed by atoms with Crippen LogP contribution < -0.4 is 11.1 Å². The number of aromatic amines is 1. The number of hydrogen-bond donors (Lipinski definition) is 1. The van der Waals surface area contributed by atoms with E-state index in [9.17, 15) is 14.4 Å². The van der Waals surface area contributed by atoms with Crippen LogP contribution in [-0.4, -0.2) is 36.9 Å². The van der Waals surface area contributed by atoms with Gasteiger partial charge in [0.25, 0.3) is 11.1 Å². The lowest BCUT2D eigenvalue weighted by molar-refractivity contribution is 0.0525. The van der Waals surface area contributed by atoms with Crippen LogP contribution in [0.1, 0.15) is 41.9 Å². The Balaban J connectivity index is 1.74. The zero-order valence-electron chi connectivity index (χ0n) is 16.5. The first-order valence-corrected chi connectivity index (χ1v) is 9.79. The molecule has 4 aromatic heterocycles. The fourth-order valence-electron chi connectivity index (χ4n) is 3.68. The van der Waals surface area contributed by atoms with Crippen molar-refractivity contribution in [2.45, 2.75) is 32.7 Å². The normalized spacial score (nSPS) is 13.8. The molecule has 0 amide bonds. The third kappa shape index (κ3) is 2.73. The molecule has 0 saturated heterocycles. The molecule has 0 aliphatic heterocycles. The number of esters is 1. The van der Waals surface area contributed by atoms with Crippen LogP contribution in [0.5, 0.6) is 0 Å². The van der Waals surface area contributed by atoms with Gasteiger partial charge in [0.15, 0.2) is 5.82 Å². The van der Waals surface area contributed by atoms with E-state index in [-0.39, 0.29) is 35.0 Å². The van der Waals surface area contributed by atoms with Crippen molar-refractivity contribution in [1.29, 1.82) is 0 Å². The van der Waals surface area contributed by atoms with Crippen LogP contribution >= 0.6 is 0 Å². The number of aromatic nitrogens is 5. The van der Waals surface area contributed by atoms with Crippen molar-refractivity contribution < 1.29 is 9.53 Å². The van der Waals surface area contributed by atoms with Gasteiger partial charge in [0.1, 0.15) is 5.56 Å². The zero-order valence-corrected chi connectivity index (χ0v) is 16.5. The third-order valence-electron chi connectivity index (χ3n) is 5.35. The van der Waals surface area contributed by atoms with Crippen molar-refractivity contribution in [3.8, 4) is 5.82 Å². The molecule has 0 bridgehead atoms. The van der Waals surface area contributed by atoms with E-state index in [4.69, 9.17) is 4.74 Å². The summed E-state index contributed by atoms with van der Waals surface area (Å²) in [5, 5.41) is 7.55. The van der Waals surface area contributed by atoms with Crippen molar-refractivity contribution in [2.24, 2.45) is 0 Å². The molecule has 0 radical (unpaired) electrons. The summed E-state index contributed by atoms with van der Waals surface area (Å²) in [4.78, 5) is 43.0. The molecule has 0 spiro atoms. The van der Waals surface area contributed by atoms with Crippen LogP contribution in [0.15, 0.2) is 40.2 Å². The Kier molecular flexibility index (Phi) is 4.05. The largest absolute Gasteiger partial charge is 0.462 e. The highest BCUT2D eigenvalue weighted by Gasteiger charge is 2.25. The number of rotatable bonds is 4. The van der Waals surface area contributed by atoms with Gasteiger partial charge in [-0.25, -0.2) is 9.78 Å². The minimum absolute atomic E-state index is 0.151. The second-order valence-corrected chi connectivity index (χ2v) is 7.37. The summed E-state index contributed by atoms with van der Waals surface area (Å²) in [6, 6.07) is 5.28. The van der Waals surface area contributed by atoms with Crippen LogP contribution in [0.4, 0.5) is 0 Å². The first kappa shape index (κ1) is 18.3. The van der Waals surface area contributed by atoms with Gasteiger partial charge in [-0.05, 0) is 44.9 Å². The van der Waals surface area contributed by atoms with Crippen LogP contribution in [-0.2, 0) is 4.74 Å². The molecule has 5 rings (SSSR count). The quantitative estimate of drug-likeness (QED) is 0.412. The second kappa shape index (κ2) is 6.65. The van der Waals surface area contributed by atoms with E-state index in [2.05, 4.69) is 15.2 Å². The first-order valence-electron chi connectivity index (χ1n) is 9.79. The number of pyridine rings is 3. The Morgan fingerprint density at radius 1 is 1.17 bits per heavy atom. The molecule has 1 fully saturated rings. The Bertz CT molecular complexity index is 1440. The average Bonchev–Trinajstić information content (AvgIpc) is 3.49. The van der Waals surface area contributed by atoms with E-state index in [1.54, 1.807) is 42.8 Å². The van der Waals surface area contributed by atoms with Crippen LogP contribution in [0, 0.1) is 6.92 Å². The lowest BCUT2D eigenvalue weighted by Crippen LogP contribution is -2.22. The summed E-state index contributed by atoms with van der Waals surface area (Å²) >= 11 is 0. The standard InChI is InChI=1S/C21H19N5O4/c1-3-30-21(29)17-11(2)23-24-18(17)26-9-7-16-14(20(26)28)10-13-15(22-16)6-8-25(19(13)27)12-4-5-12/h6-10,12H,3-5H2,1-2H3,(H,23,24). The van der Waals surface area contributed by atoms with Crippen LogP contribution in [0.3, 0.4) is 0 Å². The number of H-pyrrole nitrogens is 1. The lowest BCUT2D eigenvalue weighted by atomic mass is 10.2. The Hall–Kier alpha value is -3.75. The third-order valence-corrected chi connectivity index (χ3v) is 5.35. The molecular weight excluding hydrogens is 386 g/mol. The Morgan fingerprint density at radius 2 is 1.87 bits per heavy atom. The molecule has 9 nitrogen and oxygen atoms in total. The van der Waals surface area contributed by atoms with E-state index >= 15 is 0 Å². The molecule has 1 aliphatic rings. The summed E-state index contributed by atoms with van der Waals surface area (Å²) in [7, 11) is 0. The molecule has 1 saturated carbocycles. The summed E-state index contributed by atoms with van der Waals surface area (Å²) in [6.07, 6.45) is 5.25. The number of fused-ring (bicyclic) bond motifs is 2. The molecular formula is C21H19N5O4. The van der Waals surface area contributed by atoms with Gasteiger partial charge in [-0.15, -0.1) is 0 Å². The van der Waals surface area contributed by atoms with E-state index in [0.717, 1.165) is 12.8 Å². The highest BCUT2D eigenvalue weighted by atomic mass is 16.5. The fraction of sp³-hybridized carbons (Fsp3) is 0.286. The molecule has 1 aliphatic carbocycles. The maximum Gasteiger partial charge on any atom is 0.343 e. The van der Waals surface area contributed by atoms with Gasteiger partial charge in [-0.1, -0.05) is 0 Å². The lowest BCUT2D eigenvalue weighted by Gasteiger charge is -2.09. The maximum absolute atomic E-state index is 13.3. The predicted molar refractivity (Wildman–Crippen MR) is 110 cm³/mol. The van der Waals surface area contributed by atoms with E-state index < -0.39 is 11.5 Å². The van der Waals surface area contributed by atoms with Crippen molar-refractivity contribution in [3.63, 3.8) is 0 Å². The van der Waals surface area contributed by atoms with Gasteiger partial charge in [0, 0.05) is 24.1 Å². The number of carbonyl (C=O) groups excluding carboxylic acids is 1. The predicted octanol–water partition coefficient (Wildman–Crippen LogP) is 2.24. The van der Waals surface area contributed by atoms with Crippen molar-refractivity contribution in [3.05, 3.63) is 62.6 Å². The van der Waals surface area contributed by atoms with Gasteiger partial charge in [0.2, 0.25) is 0 Å². The van der Waals surface area contributed by atoms with Gasteiger partial charge in [0.05, 0.1) is 28.4 Å². The highest BCUT2D eigenvalue weighted by Crippen LogP contribution is 2.33. The molecule has 4 heterocycles. The van der Waals surface area contributed by atoms with Gasteiger partial charge in [-0.3, -0.25) is 19.3 Å². The minimum Gasteiger partial charge on any atom is -0.462 e. The number of aryl methyl sites for hydroxylation is 1. The molecule has 152 valence electrons.